The minimum Gasteiger partial charge on any atom is -0.397 e. The van der Waals surface area contributed by atoms with Crippen molar-refractivity contribution in [3.05, 3.63) is 23.8 Å². The zero-order valence-corrected chi connectivity index (χ0v) is 12.1. The first-order valence-corrected chi connectivity index (χ1v) is 6.29. The lowest BCUT2D eigenvalue weighted by Gasteiger charge is -2.23. The number of nitrogen functional groups attached to an aromatic ring is 1. The average Bonchev–Trinajstić information content (AvgIpc) is 2.33. The molecule has 1 amide bonds. The molecule has 0 aliphatic carbocycles. The Morgan fingerprint density at radius 2 is 2.21 bits per heavy atom. The Labute approximate surface area is 114 Å². The zero-order valence-electron chi connectivity index (χ0n) is 12.1. The Kier molecular flexibility index (Phi) is 5.79. The van der Waals surface area contributed by atoms with Crippen molar-refractivity contribution in [2.75, 3.05) is 38.4 Å². The molecule has 19 heavy (non-hydrogen) atoms. The molecule has 5 nitrogen and oxygen atoms in total. The number of anilines is 2. The molecule has 0 aliphatic heterocycles. The zero-order chi connectivity index (χ0) is 14.4. The van der Waals surface area contributed by atoms with Gasteiger partial charge in [-0.15, -0.1) is 0 Å². The van der Waals surface area contributed by atoms with Gasteiger partial charge in [-0.2, -0.15) is 0 Å². The van der Waals surface area contributed by atoms with Gasteiger partial charge < -0.3 is 15.8 Å². The maximum Gasteiger partial charge on any atom is 0.238 e. The minimum atomic E-state index is -0.0824. The molecule has 0 bridgehead atoms. The van der Waals surface area contributed by atoms with Crippen molar-refractivity contribution in [3.63, 3.8) is 0 Å². The number of methoxy groups -OCH3 is 1. The summed E-state index contributed by atoms with van der Waals surface area (Å²) in [6.07, 6.45) is 0. The van der Waals surface area contributed by atoms with Crippen LogP contribution in [-0.2, 0) is 9.53 Å². The van der Waals surface area contributed by atoms with Gasteiger partial charge in [0.15, 0.2) is 0 Å². The van der Waals surface area contributed by atoms with E-state index in [4.69, 9.17) is 10.5 Å². The van der Waals surface area contributed by atoms with Crippen LogP contribution >= 0.6 is 0 Å². The molecule has 106 valence electrons. The largest absolute Gasteiger partial charge is 0.397 e. The van der Waals surface area contributed by atoms with Crippen LogP contribution in [0.25, 0.3) is 0 Å². The van der Waals surface area contributed by atoms with E-state index in [9.17, 15) is 4.79 Å². The highest BCUT2D eigenvalue weighted by molar-refractivity contribution is 5.95. The summed E-state index contributed by atoms with van der Waals surface area (Å²) in [6.45, 7) is 4.87. The molecular weight excluding hydrogens is 242 g/mol. The van der Waals surface area contributed by atoms with Gasteiger partial charge in [-0.3, -0.25) is 9.69 Å². The normalized spacial score (nSPS) is 12.5. The lowest BCUT2D eigenvalue weighted by molar-refractivity contribution is -0.117. The van der Waals surface area contributed by atoms with Crippen molar-refractivity contribution < 1.29 is 9.53 Å². The quantitative estimate of drug-likeness (QED) is 0.765. The number of nitrogens with one attached hydrogen (secondary N) is 1. The molecule has 1 unspecified atom stereocenters. The van der Waals surface area contributed by atoms with Crippen LogP contribution in [-0.4, -0.2) is 44.2 Å². The Morgan fingerprint density at radius 1 is 1.53 bits per heavy atom. The van der Waals surface area contributed by atoms with Gasteiger partial charge in [0.2, 0.25) is 5.91 Å². The Morgan fingerprint density at radius 3 is 2.79 bits per heavy atom. The fraction of sp³-hybridized carbons (Fsp3) is 0.500. The minimum absolute atomic E-state index is 0.0824. The third-order valence-electron chi connectivity index (χ3n) is 3.03. The maximum atomic E-state index is 11.9. The number of hydrogen-bond acceptors (Lipinski definition) is 4. The second kappa shape index (κ2) is 7.11. The van der Waals surface area contributed by atoms with Gasteiger partial charge in [0, 0.05) is 13.2 Å². The van der Waals surface area contributed by atoms with Crippen LogP contribution in [0.2, 0.25) is 0 Å². The Balaban J connectivity index is 2.55. The molecule has 1 rings (SSSR count). The number of carbonyl (C=O) groups is 1. The predicted molar refractivity (Wildman–Crippen MR) is 78.2 cm³/mol. The molecule has 0 aliphatic rings. The van der Waals surface area contributed by atoms with Crippen LogP contribution in [0.1, 0.15) is 12.5 Å². The number of hydrogen-bond donors (Lipinski definition) is 2. The SMILES string of the molecule is COCC(C)N(C)CC(=O)Nc1ccc(C)cc1N. The second-order valence-electron chi connectivity index (χ2n) is 4.86. The van der Waals surface area contributed by atoms with E-state index in [0.29, 0.717) is 24.5 Å². The highest BCUT2D eigenvalue weighted by atomic mass is 16.5. The van der Waals surface area contributed by atoms with Crippen LogP contribution < -0.4 is 11.1 Å². The van der Waals surface area contributed by atoms with E-state index >= 15 is 0 Å². The van der Waals surface area contributed by atoms with E-state index in [0.717, 1.165) is 5.56 Å². The molecule has 0 aromatic heterocycles. The van der Waals surface area contributed by atoms with Gasteiger partial charge >= 0.3 is 0 Å². The summed E-state index contributed by atoms with van der Waals surface area (Å²) in [5.74, 6) is -0.0824. The monoisotopic (exact) mass is 265 g/mol. The number of benzene rings is 1. The third kappa shape index (κ3) is 4.89. The van der Waals surface area contributed by atoms with Crippen LogP contribution in [0.5, 0.6) is 0 Å². The van der Waals surface area contributed by atoms with Gasteiger partial charge in [-0.1, -0.05) is 6.07 Å². The number of nitrogens with zero attached hydrogens (tertiary/aromatic N) is 1. The van der Waals surface area contributed by atoms with Crippen molar-refractivity contribution in [1.82, 2.24) is 4.90 Å². The molecular formula is C14H23N3O2. The van der Waals surface area contributed by atoms with E-state index in [1.165, 1.54) is 0 Å². The number of aryl methyl sites for hydroxylation is 1. The number of nitrogens with two attached hydrogens (primary N) is 1. The summed E-state index contributed by atoms with van der Waals surface area (Å²) < 4.78 is 5.06. The molecule has 1 aromatic rings. The Hall–Kier alpha value is -1.59. The summed E-state index contributed by atoms with van der Waals surface area (Å²) in [4.78, 5) is 13.9. The topological polar surface area (TPSA) is 67.6 Å². The van der Waals surface area contributed by atoms with Crippen LogP contribution in [0.15, 0.2) is 18.2 Å². The van der Waals surface area contributed by atoms with Gasteiger partial charge in [0.25, 0.3) is 0 Å². The molecule has 0 fully saturated rings. The predicted octanol–water partition coefficient (Wildman–Crippen LogP) is 1.48. The van der Waals surface area contributed by atoms with Crippen LogP contribution in [0.3, 0.4) is 0 Å². The molecule has 0 radical (unpaired) electrons. The summed E-state index contributed by atoms with van der Waals surface area (Å²) >= 11 is 0. The van der Waals surface area contributed by atoms with Crippen molar-refractivity contribution in [2.45, 2.75) is 19.9 Å². The number of amides is 1. The summed E-state index contributed by atoms with van der Waals surface area (Å²) in [5, 5.41) is 2.82. The molecule has 1 atom stereocenters. The van der Waals surface area contributed by atoms with E-state index in [1.807, 2.05) is 44.0 Å². The smallest absolute Gasteiger partial charge is 0.238 e. The fourth-order valence-electron chi connectivity index (χ4n) is 1.74. The number of rotatable bonds is 6. The first-order chi connectivity index (χ1) is 8.93. The lowest BCUT2D eigenvalue weighted by Crippen LogP contribution is -2.38. The van der Waals surface area contributed by atoms with E-state index < -0.39 is 0 Å². The van der Waals surface area contributed by atoms with Crippen molar-refractivity contribution in [1.29, 1.82) is 0 Å². The summed E-state index contributed by atoms with van der Waals surface area (Å²) in [6, 6.07) is 5.77. The summed E-state index contributed by atoms with van der Waals surface area (Å²) in [7, 11) is 3.54. The van der Waals surface area contributed by atoms with Gasteiger partial charge in [-0.05, 0) is 38.6 Å². The van der Waals surface area contributed by atoms with E-state index in [-0.39, 0.29) is 11.9 Å². The first kappa shape index (κ1) is 15.5. The van der Waals surface area contributed by atoms with Crippen molar-refractivity contribution >= 4 is 17.3 Å². The van der Waals surface area contributed by atoms with Crippen LogP contribution in [0.4, 0.5) is 11.4 Å². The molecule has 1 aromatic carbocycles. The molecule has 3 N–H and O–H groups in total. The highest BCUT2D eigenvalue weighted by Gasteiger charge is 2.13. The number of carbonyl (C=O) groups excluding carboxylic acids is 1. The highest BCUT2D eigenvalue weighted by Crippen LogP contribution is 2.19. The van der Waals surface area contributed by atoms with Gasteiger partial charge in [0.05, 0.1) is 24.5 Å². The third-order valence-corrected chi connectivity index (χ3v) is 3.03. The molecule has 0 saturated carbocycles. The van der Waals surface area contributed by atoms with Gasteiger partial charge in [-0.25, -0.2) is 0 Å². The fourth-order valence-corrected chi connectivity index (χ4v) is 1.74. The molecule has 0 heterocycles. The van der Waals surface area contributed by atoms with E-state index in [1.54, 1.807) is 7.11 Å². The standard InChI is InChI=1S/C14H23N3O2/c1-10-5-6-13(12(15)7-10)16-14(18)8-17(3)11(2)9-19-4/h5-7,11H,8-9,15H2,1-4H3,(H,16,18). The maximum absolute atomic E-state index is 11.9. The molecule has 0 saturated heterocycles. The Bertz CT molecular complexity index is 435. The molecule has 5 heteroatoms. The van der Waals surface area contributed by atoms with Crippen molar-refractivity contribution in [3.8, 4) is 0 Å². The lowest BCUT2D eigenvalue weighted by atomic mass is 10.2. The first-order valence-electron chi connectivity index (χ1n) is 6.29. The second-order valence-corrected chi connectivity index (χ2v) is 4.86. The van der Waals surface area contributed by atoms with Crippen molar-refractivity contribution in [2.24, 2.45) is 0 Å². The van der Waals surface area contributed by atoms with E-state index in [2.05, 4.69) is 5.32 Å². The number of ether oxygens (including phenoxy) is 1. The average molecular weight is 265 g/mol. The number of likely N-dealkylation sites (N-methyl/N-ethyl adjacent to an activating group) is 1. The molecule has 0 spiro atoms. The summed E-state index contributed by atoms with van der Waals surface area (Å²) in [5.41, 5.74) is 8.17. The van der Waals surface area contributed by atoms with Gasteiger partial charge in [0.1, 0.15) is 0 Å². The van der Waals surface area contributed by atoms with Crippen LogP contribution in [0, 0.1) is 6.92 Å².